The monoisotopic (exact) mass is 623 g/mol. The van der Waals surface area contributed by atoms with E-state index < -0.39 is 12.3 Å². The van der Waals surface area contributed by atoms with Gasteiger partial charge in [-0.1, -0.05) is 35.9 Å². The molecule has 0 bridgehead atoms. The van der Waals surface area contributed by atoms with E-state index in [4.69, 9.17) is 35.5 Å². The predicted octanol–water partition coefficient (Wildman–Crippen LogP) is 9.07. The van der Waals surface area contributed by atoms with Crippen molar-refractivity contribution in [3.8, 4) is 45.6 Å². The molecular weight excluding hydrogens is 599 g/mol. The van der Waals surface area contributed by atoms with E-state index in [2.05, 4.69) is 4.74 Å². The van der Waals surface area contributed by atoms with Crippen LogP contribution in [0.4, 0.5) is 13.2 Å². The molecule has 5 rings (SSSR count). The second-order valence-electron chi connectivity index (χ2n) is 9.58. The van der Waals surface area contributed by atoms with Crippen molar-refractivity contribution in [1.82, 2.24) is 4.98 Å². The van der Waals surface area contributed by atoms with Crippen molar-refractivity contribution in [3.63, 3.8) is 0 Å². The number of alkyl halides is 3. The van der Waals surface area contributed by atoms with Crippen molar-refractivity contribution in [2.24, 2.45) is 0 Å². The fourth-order valence-corrected chi connectivity index (χ4v) is 4.75. The van der Waals surface area contributed by atoms with E-state index in [1.54, 1.807) is 48.5 Å². The lowest BCUT2D eigenvalue weighted by atomic mass is 10.00. The Hall–Kier alpha value is -4.96. The normalized spacial score (nSPS) is 11.2. The topological polar surface area (TPSA) is 76.1 Å². The summed E-state index contributed by atoms with van der Waals surface area (Å²) in [5.41, 5.74) is 3.67. The number of methoxy groups -OCH3 is 1. The third-order valence-corrected chi connectivity index (χ3v) is 6.69. The number of hydrogen-bond acceptors (Lipinski definition) is 7. The summed E-state index contributed by atoms with van der Waals surface area (Å²) in [7, 11) is 1.53. The SMILES string of the molecule is COc1cc2nc(C)c(-c3ccc(Oc4ccc(OC(F)(F)F)cc4)cc3)c(OCc3ccc(OC(C)=O)cc3)c2cc1Cl. The van der Waals surface area contributed by atoms with E-state index in [0.29, 0.717) is 50.4 Å². The van der Waals surface area contributed by atoms with Crippen LogP contribution in [0.5, 0.6) is 34.5 Å². The van der Waals surface area contributed by atoms with Crippen LogP contribution < -0.4 is 23.7 Å². The Bertz CT molecular complexity index is 1790. The molecule has 0 fully saturated rings. The molecule has 0 atom stereocenters. The van der Waals surface area contributed by atoms with Gasteiger partial charge < -0.3 is 23.7 Å². The van der Waals surface area contributed by atoms with Gasteiger partial charge in [0.2, 0.25) is 0 Å². The van der Waals surface area contributed by atoms with Crippen LogP contribution in [0.15, 0.2) is 84.9 Å². The first-order valence-electron chi connectivity index (χ1n) is 13.2. The molecule has 0 N–H and O–H groups in total. The molecule has 0 aliphatic heterocycles. The maximum absolute atomic E-state index is 12.5. The van der Waals surface area contributed by atoms with Crippen LogP contribution in [0.25, 0.3) is 22.0 Å². The van der Waals surface area contributed by atoms with Gasteiger partial charge in [-0.2, -0.15) is 0 Å². The number of halogens is 4. The van der Waals surface area contributed by atoms with Gasteiger partial charge in [0.15, 0.2) is 0 Å². The summed E-state index contributed by atoms with van der Waals surface area (Å²) < 4.78 is 64.0. The first-order chi connectivity index (χ1) is 21.0. The zero-order valence-corrected chi connectivity index (χ0v) is 24.5. The Balaban J connectivity index is 1.45. The Labute approximate surface area is 255 Å². The second kappa shape index (κ2) is 12.7. The number of rotatable bonds is 9. The summed E-state index contributed by atoms with van der Waals surface area (Å²) in [4.78, 5) is 16.0. The number of aromatic nitrogens is 1. The molecule has 44 heavy (non-hydrogen) atoms. The molecule has 0 radical (unpaired) electrons. The number of aryl methyl sites for hydroxylation is 1. The van der Waals surface area contributed by atoms with E-state index in [1.807, 2.05) is 19.1 Å². The summed E-state index contributed by atoms with van der Waals surface area (Å²) in [6, 6.07) is 22.7. The number of carbonyl (C=O) groups excluding carboxylic acids is 1. The molecular formula is C33H25ClF3NO6. The first-order valence-corrected chi connectivity index (χ1v) is 13.6. The van der Waals surface area contributed by atoms with Crippen molar-refractivity contribution < 1.29 is 41.7 Å². The lowest BCUT2D eigenvalue weighted by Crippen LogP contribution is -2.16. The van der Waals surface area contributed by atoms with E-state index >= 15 is 0 Å². The van der Waals surface area contributed by atoms with E-state index in [1.165, 1.54) is 38.3 Å². The molecule has 4 aromatic carbocycles. The maximum Gasteiger partial charge on any atom is 0.573 e. The van der Waals surface area contributed by atoms with E-state index in [9.17, 15) is 18.0 Å². The predicted molar refractivity (Wildman–Crippen MR) is 159 cm³/mol. The zero-order chi connectivity index (χ0) is 31.4. The van der Waals surface area contributed by atoms with Crippen LogP contribution in [0, 0.1) is 6.92 Å². The van der Waals surface area contributed by atoms with E-state index in [0.717, 1.165) is 16.7 Å². The second-order valence-corrected chi connectivity index (χ2v) is 9.98. The Morgan fingerprint density at radius 3 is 2.05 bits per heavy atom. The van der Waals surface area contributed by atoms with Gasteiger partial charge in [-0.05, 0) is 72.6 Å². The number of carbonyl (C=O) groups is 1. The van der Waals surface area contributed by atoms with Crippen molar-refractivity contribution in [2.45, 2.75) is 26.8 Å². The van der Waals surface area contributed by atoms with Gasteiger partial charge >= 0.3 is 12.3 Å². The standard InChI is InChI=1S/C33H25ClF3NO6/c1-19-31(22-6-10-24(11-7-22)43-25-12-14-26(15-13-25)44-33(35,36)37)32(27-16-28(34)30(40-3)17-29(27)38-19)41-18-21-4-8-23(9-5-21)42-20(2)39/h4-17H,18H2,1-3H3. The summed E-state index contributed by atoms with van der Waals surface area (Å²) in [5.74, 6) is 1.51. The van der Waals surface area contributed by atoms with Crippen LogP contribution in [0.1, 0.15) is 18.2 Å². The fraction of sp³-hybridized carbons (Fsp3) is 0.152. The zero-order valence-electron chi connectivity index (χ0n) is 23.7. The highest BCUT2D eigenvalue weighted by Gasteiger charge is 2.31. The van der Waals surface area contributed by atoms with Gasteiger partial charge in [0.05, 0.1) is 17.6 Å². The van der Waals surface area contributed by atoms with E-state index in [-0.39, 0.29) is 12.4 Å². The summed E-state index contributed by atoms with van der Waals surface area (Å²) in [5, 5.41) is 1.07. The molecule has 226 valence electrons. The molecule has 1 aromatic heterocycles. The van der Waals surface area contributed by atoms with Gasteiger partial charge in [0, 0.05) is 29.6 Å². The molecule has 0 saturated heterocycles. The molecule has 7 nitrogen and oxygen atoms in total. The highest BCUT2D eigenvalue weighted by Crippen LogP contribution is 2.42. The lowest BCUT2D eigenvalue weighted by Gasteiger charge is -2.18. The Morgan fingerprint density at radius 2 is 1.45 bits per heavy atom. The molecule has 11 heteroatoms. The number of fused-ring (bicyclic) bond motifs is 1. The van der Waals surface area contributed by atoms with Crippen molar-refractivity contribution in [3.05, 3.63) is 101 Å². The third kappa shape index (κ3) is 7.33. The number of benzene rings is 4. The highest BCUT2D eigenvalue weighted by molar-refractivity contribution is 6.33. The molecule has 0 aliphatic carbocycles. The maximum atomic E-state index is 12.5. The highest BCUT2D eigenvalue weighted by atomic mass is 35.5. The minimum absolute atomic E-state index is 0.199. The molecule has 0 saturated carbocycles. The average molecular weight is 624 g/mol. The molecule has 0 amide bonds. The minimum atomic E-state index is -4.77. The number of nitrogens with zero attached hydrogens (tertiary/aromatic N) is 1. The van der Waals surface area contributed by atoms with Gasteiger partial charge in [0.25, 0.3) is 0 Å². The minimum Gasteiger partial charge on any atom is -0.495 e. The van der Waals surface area contributed by atoms with Gasteiger partial charge in [0.1, 0.15) is 41.1 Å². The largest absolute Gasteiger partial charge is 0.573 e. The number of esters is 1. The first kappa shape index (κ1) is 30.5. The number of ether oxygens (including phenoxy) is 5. The molecule has 0 aliphatic rings. The molecule has 5 aromatic rings. The average Bonchev–Trinajstić information content (AvgIpc) is 2.97. The Morgan fingerprint density at radius 1 is 0.864 bits per heavy atom. The van der Waals surface area contributed by atoms with Crippen LogP contribution in [-0.2, 0) is 11.4 Å². The molecule has 0 unspecified atom stereocenters. The summed E-state index contributed by atoms with van der Waals surface area (Å²) in [6.45, 7) is 3.40. The summed E-state index contributed by atoms with van der Waals surface area (Å²) in [6.07, 6.45) is -4.77. The number of pyridine rings is 1. The Kier molecular flexibility index (Phi) is 8.82. The smallest absolute Gasteiger partial charge is 0.495 e. The van der Waals surface area contributed by atoms with Crippen molar-refractivity contribution in [1.29, 1.82) is 0 Å². The fourth-order valence-electron chi connectivity index (χ4n) is 4.51. The van der Waals surface area contributed by atoms with Crippen molar-refractivity contribution >= 4 is 28.5 Å². The third-order valence-electron chi connectivity index (χ3n) is 6.40. The molecule has 1 heterocycles. The quantitative estimate of drug-likeness (QED) is 0.120. The summed E-state index contributed by atoms with van der Waals surface area (Å²) >= 11 is 6.50. The lowest BCUT2D eigenvalue weighted by molar-refractivity contribution is -0.274. The van der Waals surface area contributed by atoms with Crippen LogP contribution >= 0.6 is 11.6 Å². The van der Waals surface area contributed by atoms with Gasteiger partial charge in [-0.25, -0.2) is 0 Å². The van der Waals surface area contributed by atoms with Crippen LogP contribution in [-0.4, -0.2) is 24.4 Å². The van der Waals surface area contributed by atoms with Gasteiger partial charge in [-0.3, -0.25) is 9.78 Å². The van der Waals surface area contributed by atoms with Crippen LogP contribution in [0.2, 0.25) is 5.02 Å². The van der Waals surface area contributed by atoms with Crippen molar-refractivity contribution in [2.75, 3.05) is 7.11 Å². The number of hydrogen-bond donors (Lipinski definition) is 0. The van der Waals surface area contributed by atoms with Crippen LogP contribution in [0.3, 0.4) is 0 Å². The molecule has 0 spiro atoms. The van der Waals surface area contributed by atoms with Gasteiger partial charge in [-0.15, -0.1) is 13.2 Å².